The maximum absolute atomic E-state index is 12.0. The van der Waals surface area contributed by atoms with Gasteiger partial charge in [-0.3, -0.25) is 4.79 Å². The lowest BCUT2D eigenvalue weighted by atomic mass is 9.78. The molecule has 1 aromatic rings. The fourth-order valence-electron chi connectivity index (χ4n) is 2.96. The van der Waals surface area contributed by atoms with Crippen LogP contribution in [0.5, 0.6) is 0 Å². The number of nitrogens with one attached hydrogen (secondary N) is 1. The molecule has 0 aliphatic heterocycles. The molecule has 0 aromatic heterocycles. The summed E-state index contributed by atoms with van der Waals surface area (Å²) < 4.78 is 5.03. The minimum absolute atomic E-state index is 0.145. The number of hydrogen-bond acceptors (Lipinski definition) is 4. The number of esters is 1. The van der Waals surface area contributed by atoms with E-state index in [9.17, 15) is 9.59 Å². The fraction of sp³-hybridized carbons (Fsp3) is 0.500. The van der Waals surface area contributed by atoms with E-state index in [1.54, 1.807) is 18.2 Å². The van der Waals surface area contributed by atoms with Crippen LogP contribution in [0, 0.1) is 23.2 Å². The van der Waals surface area contributed by atoms with Crippen LogP contribution in [0.15, 0.2) is 24.3 Å². The van der Waals surface area contributed by atoms with Crippen LogP contribution in [0.1, 0.15) is 49.0 Å². The lowest BCUT2D eigenvalue weighted by Gasteiger charge is -2.34. The number of hydrogen-bond donors (Lipinski definition) is 1. The largest absolute Gasteiger partial charge is 0.452 e. The van der Waals surface area contributed by atoms with E-state index in [0.29, 0.717) is 17.4 Å². The third kappa shape index (κ3) is 4.56. The zero-order valence-corrected chi connectivity index (χ0v) is 13.5. The molecule has 1 saturated carbocycles. The zero-order valence-electron chi connectivity index (χ0n) is 13.5. The molecule has 1 fully saturated rings. The van der Waals surface area contributed by atoms with Gasteiger partial charge >= 0.3 is 5.97 Å². The van der Waals surface area contributed by atoms with Crippen LogP contribution in [-0.2, 0) is 9.53 Å². The van der Waals surface area contributed by atoms with Crippen LogP contribution in [-0.4, -0.2) is 24.5 Å². The first-order chi connectivity index (χ1) is 11.0. The van der Waals surface area contributed by atoms with Gasteiger partial charge in [0.25, 0.3) is 5.91 Å². The van der Waals surface area contributed by atoms with Gasteiger partial charge in [0.05, 0.1) is 17.2 Å². The zero-order chi connectivity index (χ0) is 16.8. The highest BCUT2D eigenvalue weighted by molar-refractivity contribution is 5.91. The van der Waals surface area contributed by atoms with E-state index >= 15 is 0 Å². The third-order valence-electron chi connectivity index (χ3n) is 4.61. The SMILES string of the molecule is C[C@@H]1[C@@H](C)CCC[C@H]1NC(=O)COC(=O)c1cccc(C#N)c1. The molecular weight excluding hydrogens is 292 g/mol. The summed E-state index contributed by atoms with van der Waals surface area (Å²) in [5, 5.41) is 11.8. The number of amides is 1. The number of carbonyl (C=O) groups is 2. The molecule has 0 saturated heterocycles. The van der Waals surface area contributed by atoms with E-state index in [0.717, 1.165) is 12.8 Å². The Morgan fingerprint density at radius 3 is 2.87 bits per heavy atom. The molecular formula is C18H22N2O3. The van der Waals surface area contributed by atoms with Gasteiger partial charge in [-0.05, 0) is 36.5 Å². The average molecular weight is 314 g/mol. The molecule has 0 heterocycles. The second-order valence-electron chi connectivity index (χ2n) is 6.21. The van der Waals surface area contributed by atoms with Gasteiger partial charge in [-0.25, -0.2) is 4.79 Å². The van der Waals surface area contributed by atoms with Gasteiger partial charge in [0.15, 0.2) is 6.61 Å². The van der Waals surface area contributed by atoms with Crippen molar-refractivity contribution in [2.24, 2.45) is 11.8 Å². The van der Waals surface area contributed by atoms with E-state index in [-0.39, 0.29) is 24.1 Å². The van der Waals surface area contributed by atoms with Crippen LogP contribution in [0.4, 0.5) is 0 Å². The molecule has 5 heteroatoms. The fourth-order valence-corrected chi connectivity index (χ4v) is 2.96. The maximum Gasteiger partial charge on any atom is 0.338 e. The van der Waals surface area contributed by atoms with Crippen LogP contribution in [0.2, 0.25) is 0 Å². The molecule has 1 amide bonds. The number of carbonyl (C=O) groups excluding carboxylic acids is 2. The summed E-state index contributed by atoms with van der Waals surface area (Å²) in [6.45, 7) is 4.05. The molecule has 3 atom stereocenters. The summed E-state index contributed by atoms with van der Waals surface area (Å²) in [4.78, 5) is 23.9. The van der Waals surface area contributed by atoms with Crippen LogP contribution in [0.25, 0.3) is 0 Å². The van der Waals surface area contributed by atoms with Gasteiger partial charge in [-0.15, -0.1) is 0 Å². The van der Waals surface area contributed by atoms with Crippen molar-refractivity contribution in [2.75, 3.05) is 6.61 Å². The number of nitrogens with zero attached hydrogens (tertiary/aromatic N) is 1. The van der Waals surface area contributed by atoms with Crippen molar-refractivity contribution in [1.82, 2.24) is 5.32 Å². The Kier molecular flexibility index (Phi) is 5.75. The Balaban J connectivity index is 1.84. The monoisotopic (exact) mass is 314 g/mol. The topological polar surface area (TPSA) is 79.2 Å². The maximum atomic E-state index is 12.0. The van der Waals surface area contributed by atoms with Crippen molar-refractivity contribution in [3.05, 3.63) is 35.4 Å². The number of nitriles is 1. The van der Waals surface area contributed by atoms with Crippen molar-refractivity contribution in [3.63, 3.8) is 0 Å². The highest BCUT2D eigenvalue weighted by Gasteiger charge is 2.28. The van der Waals surface area contributed by atoms with Gasteiger partial charge < -0.3 is 10.1 Å². The van der Waals surface area contributed by atoms with Crippen molar-refractivity contribution in [3.8, 4) is 6.07 Å². The molecule has 1 N–H and O–H groups in total. The lowest BCUT2D eigenvalue weighted by molar-refractivity contribution is -0.125. The molecule has 0 spiro atoms. The second kappa shape index (κ2) is 7.77. The summed E-state index contributed by atoms with van der Waals surface area (Å²) in [6, 6.07) is 8.34. The molecule has 0 unspecified atom stereocenters. The third-order valence-corrected chi connectivity index (χ3v) is 4.61. The summed E-state index contributed by atoms with van der Waals surface area (Å²) in [7, 11) is 0. The van der Waals surface area contributed by atoms with Crippen LogP contribution in [0.3, 0.4) is 0 Å². The summed E-state index contributed by atoms with van der Waals surface area (Å²) >= 11 is 0. The Morgan fingerprint density at radius 2 is 2.13 bits per heavy atom. The first-order valence-electron chi connectivity index (χ1n) is 7.98. The minimum Gasteiger partial charge on any atom is -0.452 e. The van der Waals surface area contributed by atoms with E-state index in [1.807, 2.05) is 6.07 Å². The standard InChI is InChI=1S/C18H22N2O3/c1-12-5-3-8-16(13(12)2)20-17(21)11-23-18(22)15-7-4-6-14(9-15)10-19/h4,6-7,9,12-13,16H,3,5,8,11H2,1-2H3,(H,20,21)/t12-,13+,16+/m0/s1. The van der Waals surface area contributed by atoms with E-state index < -0.39 is 5.97 Å². The highest BCUT2D eigenvalue weighted by Crippen LogP contribution is 2.29. The van der Waals surface area contributed by atoms with Crippen LogP contribution < -0.4 is 5.32 Å². The van der Waals surface area contributed by atoms with Crippen molar-refractivity contribution >= 4 is 11.9 Å². The molecule has 23 heavy (non-hydrogen) atoms. The molecule has 1 aliphatic rings. The van der Waals surface area contributed by atoms with Crippen molar-refractivity contribution < 1.29 is 14.3 Å². The summed E-state index contributed by atoms with van der Waals surface area (Å²) in [5.74, 6) is 0.143. The number of benzene rings is 1. The smallest absolute Gasteiger partial charge is 0.338 e. The van der Waals surface area contributed by atoms with E-state index in [4.69, 9.17) is 10.00 Å². The quantitative estimate of drug-likeness (QED) is 0.867. The Morgan fingerprint density at radius 1 is 1.35 bits per heavy atom. The normalized spacial score (nSPS) is 23.6. The van der Waals surface area contributed by atoms with Gasteiger partial charge in [0.2, 0.25) is 0 Å². The predicted octanol–water partition coefficient (Wildman–Crippen LogP) is 2.66. The lowest BCUT2D eigenvalue weighted by Crippen LogP contribution is -2.45. The second-order valence-corrected chi connectivity index (χ2v) is 6.21. The number of rotatable bonds is 4. The van der Waals surface area contributed by atoms with Gasteiger partial charge in [0, 0.05) is 6.04 Å². The molecule has 1 aliphatic carbocycles. The van der Waals surface area contributed by atoms with Crippen molar-refractivity contribution in [1.29, 1.82) is 5.26 Å². The van der Waals surface area contributed by atoms with E-state index in [2.05, 4.69) is 19.2 Å². The molecule has 1 aromatic carbocycles. The Bertz CT molecular complexity index is 621. The predicted molar refractivity (Wildman–Crippen MR) is 85.5 cm³/mol. The molecule has 2 rings (SSSR count). The molecule has 122 valence electrons. The van der Waals surface area contributed by atoms with Crippen molar-refractivity contribution in [2.45, 2.75) is 39.2 Å². The first kappa shape index (κ1) is 17.0. The Hall–Kier alpha value is -2.35. The van der Waals surface area contributed by atoms with Gasteiger partial charge in [0.1, 0.15) is 0 Å². The van der Waals surface area contributed by atoms with E-state index in [1.165, 1.54) is 12.5 Å². The highest BCUT2D eigenvalue weighted by atomic mass is 16.5. The average Bonchev–Trinajstić information content (AvgIpc) is 2.57. The number of ether oxygens (including phenoxy) is 1. The van der Waals surface area contributed by atoms with Gasteiger partial charge in [-0.2, -0.15) is 5.26 Å². The van der Waals surface area contributed by atoms with Gasteiger partial charge in [-0.1, -0.05) is 32.8 Å². The first-order valence-corrected chi connectivity index (χ1v) is 7.98. The molecule has 0 radical (unpaired) electrons. The summed E-state index contributed by atoms with van der Waals surface area (Å²) in [5.41, 5.74) is 0.658. The minimum atomic E-state index is -0.595. The van der Waals surface area contributed by atoms with Crippen LogP contribution >= 0.6 is 0 Å². The molecule has 0 bridgehead atoms. The summed E-state index contributed by atoms with van der Waals surface area (Å²) in [6.07, 6.45) is 3.27. The molecule has 5 nitrogen and oxygen atoms in total. The Labute approximate surface area is 136 Å².